The maximum Gasteiger partial charge on any atom is 0.407 e. The first-order valence-corrected chi connectivity index (χ1v) is 10.9. The molecule has 0 aliphatic heterocycles. The SMILES string of the molecule is CCCCCCc1ccsc1C(O)C(O)CCNC(=O)OCc1ccccc1. The smallest absolute Gasteiger partial charge is 0.407 e. The molecular weight excluding hydrogens is 374 g/mol. The fraction of sp³-hybridized carbons (Fsp3) is 0.500. The van der Waals surface area contributed by atoms with Crippen LogP contribution in [0.1, 0.15) is 61.1 Å². The lowest BCUT2D eigenvalue weighted by molar-refractivity contribution is 0.0153. The van der Waals surface area contributed by atoms with Gasteiger partial charge >= 0.3 is 6.09 Å². The zero-order valence-electron chi connectivity index (χ0n) is 16.5. The lowest BCUT2D eigenvalue weighted by Crippen LogP contribution is -2.29. The zero-order chi connectivity index (χ0) is 20.2. The maximum atomic E-state index is 11.7. The van der Waals surface area contributed by atoms with Crippen molar-refractivity contribution in [1.29, 1.82) is 0 Å². The number of rotatable bonds is 12. The molecule has 0 bridgehead atoms. The number of nitrogens with one attached hydrogen (secondary N) is 1. The number of aliphatic hydroxyl groups is 2. The van der Waals surface area contributed by atoms with Crippen LogP contribution in [0.25, 0.3) is 0 Å². The molecule has 0 radical (unpaired) electrons. The quantitative estimate of drug-likeness (QED) is 0.452. The number of carbonyl (C=O) groups excluding carboxylic acids is 1. The van der Waals surface area contributed by atoms with E-state index in [0.29, 0.717) is 0 Å². The predicted octanol–water partition coefficient (Wildman–Crippen LogP) is 4.58. The number of aliphatic hydroxyl groups excluding tert-OH is 2. The molecule has 6 heteroatoms. The summed E-state index contributed by atoms with van der Waals surface area (Å²) in [4.78, 5) is 12.6. The van der Waals surface area contributed by atoms with Crippen LogP contribution < -0.4 is 5.32 Å². The van der Waals surface area contributed by atoms with Crippen LogP contribution in [-0.2, 0) is 17.8 Å². The maximum absolute atomic E-state index is 11.7. The van der Waals surface area contributed by atoms with Crippen molar-refractivity contribution in [1.82, 2.24) is 5.32 Å². The van der Waals surface area contributed by atoms with E-state index in [4.69, 9.17) is 4.74 Å². The Morgan fingerprint density at radius 2 is 1.93 bits per heavy atom. The summed E-state index contributed by atoms with van der Waals surface area (Å²) < 4.78 is 5.13. The molecule has 1 aromatic heterocycles. The van der Waals surface area contributed by atoms with Crippen LogP contribution >= 0.6 is 11.3 Å². The minimum Gasteiger partial charge on any atom is -0.445 e. The van der Waals surface area contributed by atoms with Gasteiger partial charge in [0.25, 0.3) is 0 Å². The second kappa shape index (κ2) is 12.5. The van der Waals surface area contributed by atoms with Gasteiger partial charge in [0.2, 0.25) is 0 Å². The van der Waals surface area contributed by atoms with Crippen LogP contribution in [0.4, 0.5) is 4.79 Å². The fourth-order valence-corrected chi connectivity index (χ4v) is 3.98. The average molecular weight is 406 g/mol. The molecule has 5 nitrogen and oxygen atoms in total. The highest BCUT2D eigenvalue weighted by molar-refractivity contribution is 7.10. The van der Waals surface area contributed by atoms with Gasteiger partial charge < -0.3 is 20.3 Å². The molecule has 2 unspecified atom stereocenters. The third-order valence-corrected chi connectivity index (χ3v) is 5.67. The van der Waals surface area contributed by atoms with E-state index in [0.717, 1.165) is 28.8 Å². The molecule has 28 heavy (non-hydrogen) atoms. The summed E-state index contributed by atoms with van der Waals surface area (Å²) in [5.74, 6) is 0. The van der Waals surface area contributed by atoms with Crippen molar-refractivity contribution in [3.8, 4) is 0 Å². The highest BCUT2D eigenvalue weighted by Crippen LogP contribution is 2.29. The fourth-order valence-electron chi connectivity index (χ4n) is 2.98. The highest BCUT2D eigenvalue weighted by Gasteiger charge is 2.22. The highest BCUT2D eigenvalue weighted by atomic mass is 32.1. The monoisotopic (exact) mass is 405 g/mol. The number of hydrogen-bond donors (Lipinski definition) is 3. The number of thiophene rings is 1. The van der Waals surface area contributed by atoms with Crippen LogP contribution in [-0.4, -0.2) is 29.0 Å². The van der Waals surface area contributed by atoms with Gasteiger partial charge in [-0.05, 0) is 41.8 Å². The molecule has 1 heterocycles. The first kappa shape index (κ1) is 22.4. The Labute approximate surface area is 171 Å². The number of ether oxygens (including phenoxy) is 1. The Bertz CT molecular complexity index is 689. The first-order valence-electron chi connectivity index (χ1n) is 9.98. The van der Waals surface area contributed by atoms with Gasteiger partial charge in [-0.3, -0.25) is 0 Å². The van der Waals surface area contributed by atoms with Crippen molar-refractivity contribution in [3.05, 3.63) is 57.8 Å². The van der Waals surface area contributed by atoms with E-state index in [-0.39, 0.29) is 19.6 Å². The van der Waals surface area contributed by atoms with Gasteiger partial charge in [-0.1, -0.05) is 56.5 Å². The summed E-state index contributed by atoms with van der Waals surface area (Å²) in [6.07, 6.45) is 3.48. The first-order chi connectivity index (χ1) is 13.6. The molecule has 3 N–H and O–H groups in total. The van der Waals surface area contributed by atoms with Crippen LogP contribution in [0.5, 0.6) is 0 Å². The van der Waals surface area contributed by atoms with Crippen LogP contribution in [0, 0.1) is 0 Å². The average Bonchev–Trinajstić information content (AvgIpc) is 3.18. The number of amides is 1. The van der Waals surface area contributed by atoms with Crippen molar-refractivity contribution in [3.63, 3.8) is 0 Å². The molecule has 0 saturated carbocycles. The topological polar surface area (TPSA) is 78.8 Å². The second-order valence-electron chi connectivity index (χ2n) is 6.91. The lowest BCUT2D eigenvalue weighted by atomic mass is 10.0. The summed E-state index contributed by atoms with van der Waals surface area (Å²) in [7, 11) is 0. The Morgan fingerprint density at radius 3 is 2.68 bits per heavy atom. The Hall–Kier alpha value is -1.89. The molecule has 2 atom stereocenters. The number of carbonyl (C=O) groups is 1. The molecule has 0 aliphatic rings. The Kier molecular flexibility index (Phi) is 10.0. The number of unbranched alkanes of at least 4 members (excludes halogenated alkanes) is 3. The second-order valence-corrected chi connectivity index (χ2v) is 7.86. The molecule has 2 rings (SSSR count). The van der Waals surface area contributed by atoms with Gasteiger partial charge in [0.05, 0.1) is 6.10 Å². The molecule has 0 spiro atoms. The molecule has 0 fully saturated rings. The van der Waals surface area contributed by atoms with Crippen molar-refractivity contribution >= 4 is 17.4 Å². The van der Waals surface area contributed by atoms with Crippen molar-refractivity contribution in [2.45, 2.75) is 64.3 Å². The summed E-state index contributed by atoms with van der Waals surface area (Å²) in [5.41, 5.74) is 2.03. The van der Waals surface area contributed by atoms with Gasteiger partial charge in [-0.25, -0.2) is 4.79 Å². The Morgan fingerprint density at radius 1 is 1.14 bits per heavy atom. The van der Waals surface area contributed by atoms with Crippen molar-refractivity contribution in [2.24, 2.45) is 0 Å². The number of benzene rings is 1. The summed E-state index contributed by atoms with van der Waals surface area (Å²) in [6, 6.07) is 11.5. The van der Waals surface area contributed by atoms with Gasteiger partial charge in [0.1, 0.15) is 12.7 Å². The summed E-state index contributed by atoms with van der Waals surface area (Å²) in [6.45, 7) is 2.62. The van der Waals surface area contributed by atoms with Gasteiger partial charge in [0, 0.05) is 11.4 Å². The summed E-state index contributed by atoms with van der Waals surface area (Å²) in [5, 5.41) is 25.4. The van der Waals surface area contributed by atoms with E-state index < -0.39 is 18.3 Å². The number of aryl methyl sites for hydroxylation is 1. The Balaban J connectivity index is 1.70. The van der Waals surface area contributed by atoms with E-state index >= 15 is 0 Å². The largest absolute Gasteiger partial charge is 0.445 e. The molecule has 0 aliphatic carbocycles. The van der Waals surface area contributed by atoms with Crippen molar-refractivity contribution < 1.29 is 19.7 Å². The predicted molar refractivity (Wildman–Crippen MR) is 112 cm³/mol. The van der Waals surface area contributed by atoms with Crippen molar-refractivity contribution in [2.75, 3.05) is 6.54 Å². The summed E-state index contributed by atoms with van der Waals surface area (Å²) >= 11 is 1.47. The molecule has 154 valence electrons. The minimum absolute atomic E-state index is 0.203. The molecule has 0 saturated heterocycles. The van der Waals surface area contributed by atoms with Crippen LogP contribution in [0.2, 0.25) is 0 Å². The van der Waals surface area contributed by atoms with Crippen LogP contribution in [0.3, 0.4) is 0 Å². The van der Waals surface area contributed by atoms with E-state index in [1.165, 1.54) is 30.6 Å². The zero-order valence-corrected chi connectivity index (χ0v) is 17.3. The van der Waals surface area contributed by atoms with E-state index in [1.807, 2.05) is 41.8 Å². The number of hydrogen-bond acceptors (Lipinski definition) is 5. The minimum atomic E-state index is -0.928. The molecular formula is C22H31NO4S. The van der Waals surface area contributed by atoms with Crippen LogP contribution in [0.15, 0.2) is 41.8 Å². The normalized spacial score (nSPS) is 13.1. The number of alkyl carbamates (subject to hydrolysis) is 1. The third kappa shape index (κ3) is 7.62. The third-order valence-electron chi connectivity index (χ3n) is 4.64. The van der Waals surface area contributed by atoms with E-state index in [2.05, 4.69) is 12.2 Å². The molecule has 1 amide bonds. The van der Waals surface area contributed by atoms with E-state index in [1.54, 1.807) is 0 Å². The molecule has 2 aromatic rings. The molecule has 1 aromatic carbocycles. The van der Waals surface area contributed by atoms with Gasteiger partial charge in [-0.2, -0.15) is 0 Å². The van der Waals surface area contributed by atoms with Gasteiger partial charge in [0.15, 0.2) is 0 Å². The lowest BCUT2D eigenvalue weighted by Gasteiger charge is -2.18. The van der Waals surface area contributed by atoms with Gasteiger partial charge in [-0.15, -0.1) is 11.3 Å². The van der Waals surface area contributed by atoms with E-state index in [9.17, 15) is 15.0 Å². The standard InChI is InChI=1S/C22H31NO4S/c1-2-3-4-8-11-18-13-15-28-21(18)20(25)19(24)12-14-23-22(26)27-16-17-9-6-5-7-10-17/h5-7,9-10,13,15,19-20,24-25H,2-4,8,11-12,14,16H2,1H3,(H,23,26).